The second-order valence-corrected chi connectivity index (χ2v) is 6.95. The summed E-state index contributed by atoms with van der Waals surface area (Å²) in [6, 6.07) is 22.8. The van der Waals surface area contributed by atoms with E-state index in [2.05, 4.69) is 4.98 Å². The summed E-state index contributed by atoms with van der Waals surface area (Å²) in [5, 5.41) is 9.63. The fraction of sp³-hybridized carbons (Fsp3) is 0.0769. The van der Waals surface area contributed by atoms with Crippen molar-refractivity contribution in [2.24, 2.45) is 0 Å². The third kappa shape index (κ3) is 4.14. The first-order valence-electron chi connectivity index (χ1n) is 9.81. The topological polar surface area (TPSA) is 55.1 Å². The maximum absolute atomic E-state index is 15.7. The molecule has 0 saturated heterocycles. The molecule has 4 rings (SSSR count). The van der Waals surface area contributed by atoms with Crippen LogP contribution in [0.15, 0.2) is 79.0 Å². The maximum Gasteiger partial charge on any atom is 0.220 e. The van der Waals surface area contributed by atoms with Crippen molar-refractivity contribution in [2.45, 2.75) is 6.61 Å². The molecule has 1 heterocycles. The summed E-state index contributed by atoms with van der Waals surface area (Å²) >= 11 is 0. The van der Waals surface area contributed by atoms with Crippen LogP contribution < -0.4 is 9.47 Å². The average Bonchev–Trinajstić information content (AvgIpc) is 2.84. The van der Waals surface area contributed by atoms with Crippen LogP contribution in [0, 0.1) is 23.1 Å². The molecule has 0 bridgehead atoms. The van der Waals surface area contributed by atoms with Crippen LogP contribution in [0.5, 0.6) is 11.5 Å². The van der Waals surface area contributed by atoms with E-state index in [0.717, 1.165) is 5.56 Å². The number of halogens is 2. The molecule has 0 atom stereocenters. The van der Waals surface area contributed by atoms with Gasteiger partial charge in [-0.15, -0.1) is 0 Å². The fourth-order valence-corrected chi connectivity index (χ4v) is 3.45. The summed E-state index contributed by atoms with van der Waals surface area (Å²) < 4.78 is 41.3. The molecule has 6 heteroatoms. The van der Waals surface area contributed by atoms with Gasteiger partial charge in [-0.2, -0.15) is 9.65 Å². The van der Waals surface area contributed by atoms with Crippen molar-refractivity contribution < 1.29 is 18.3 Å². The van der Waals surface area contributed by atoms with Gasteiger partial charge < -0.3 is 9.47 Å². The lowest BCUT2D eigenvalue weighted by atomic mass is 9.94. The number of pyridine rings is 1. The van der Waals surface area contributed by atoms with Crippen LogP contribution >= 0.6 is 0 Å². The predicted octanol–water partition coefficient (Wildman–Crippen LogP) is 6.15. The van der Waals surface area contributed by atoms with Crippen molar-refractivity contribution in [1.82, 2.24) is 4.98 Å². The molecule has 0 unspecified atom stereocenters. The molecule has 3 aromatic carbocycles. The molecule has 0 aliphatic carbocycles. The normalized spacial score (nSPS) is 10.4. The Balaban J connectivity index is 1.80. The van der Waals surface area contributed by atoms with Crippen LogP contribution in [0.3, 0.4) is 0 Å². The SMILES string of the molecule is COc1c(C#N)cc(-c2cccc(OCc3ccccc3)c2)c(F)c1-c1cccnc1F. The molecule has 0 aliphatic heterocycles. The fourth-order valence-electron chi connectivity index (χ4n) is 3.45. The Kier molecular flexibility index (Phi) is 6.09. The minimum atomic E-state index is -0.856. The monoisotopic (exact) mass is 428 g/mol. The van der Waals surface area contributed by atoms with Gasteiger partial charge in [-0.05, 0) is 41.5 Å². The molecule has 1 aromatic heterocycles. The van der Waals surface area contributed by atoms with Crippen LogP contribution in [0.2, 0.25) is 0 Å². The minimum Gasteiger partial charge on any atom is -0.495 e. The number of rotatable bonds is 6. The summed E-state index contributed by atoms with van der Waals surface area (Å²) in [7, 11) is 1.31. The molecule has 0 fully saturated rings. The van der Waals surface area contributed by atoms with Gasteiger partial charge in [0.25, 0.3) is 0 Å². The lowest BCUT2D eigenvalue weighted by Gasteiger charge is -2.16. The lowest BCUT2D eigenvalue weighted by Crippen LogP contribution is -2.01. The number of benzene rings is 3. The molecule has 4 aromatic rings. The number of methoxy groups -OCH3 is 1. The summed E-state index contributed by atoms with van der Waals surface area (Å²) in [6.45, 7) is 0.352. The van der Waals surface area contributed by atoms with E-state index in [1.165, 1.54) is 31.5 Å². The highest BCUT2D eigenvalue weighted by Crippen LogP contribution is 2.41. The predicted molar refractivity (Wildman–Crippen MR) is 117 cm³/mol. The molecule has 158 valence electrons. The van der Waals surface area contributed by atoms with Gasteiger partial charge in [0.15, 0.2) is 0 Å². The quantitative estimate of drug-likeness (QED) is 0.346. The highest BCUT2D eigenvalue weighted by molar-refractivity contribution is 5.82. The smallest absolute Gasteiger partial charge is 0.220 e. The Hall–Kier alpha value is -4.24. The second kappa shape index (κ2) is 9.27. The third-order valence-electron chi connectivity index (χ3n) is 4.96. The van der Waals surface area contributed by atoms with Crippen LogP contribution in [-0.2, 0) is 6.61 Å². The van der Waals surface area contributed by atoms with Gasteiger partial charge in [0, 0.05) is 17.3 Å². The van der Waals surface area contributed by atoms with E-state index in [1.807, 2.05) is 36.4 Å². The summed E-state index contributed by atoms with van der Waals surface area (Å²) in [5.74, 6) is -1.08. The molecule has 32 heavy (non-hydrogen) atoms. The Morgan fingerprint density at radius 1 is 0.938 bits per heavy atom. The molecular formula is C26H18F2N2O2. The summed E-state index contributed by atoms with van der Waals surface area (Å²) in [4.78, 5) is 3.61. The highest BCUT2D eigenvalue weighted by Gasteiger charge is 2.24. The van der Waals surface area contributed by atoms with Gasteiger partial charge in [-0.3, -0.25) is 0 Å². The first-order chi connectivity index (χ1) is 15.6. The molecular weight excluding hydrogens is 410 g/mol. The zero-order valence-corrected chi connectivity index (χ0v) is 17.2. The standard InChI is InChI=1S/C26H18F2N2O2/c1-31-25-19(15-29)14-22(24(27)23(25)21-11-6-12-30-26(21)28)18-9-5-10-20(13-18)32-16-17-7-3-2-4-8-17/h2-14H,16H2,1H3. The van der Waals surface area contributed by atoms with Gasteiger partial charge in [-0.25, -0.2) is 9.37 Å². The van der Waals surface area contributed by atoms with E-state index in [9.17, 15) is 9.65 Å². The molecule has 0 spiro atoms. The van der Waals surface area contributed by atoms with Crippen molar-refractivity contribution in [3.8, 4) is 39.8 Å². The number of nitriles is 1. The minimum absolute atomic E-state index is 0.0443. The van der Waals surface area contributed by atoms with Crippen molar-refractivity contribution in [3.05, 3.63) is 102 Å². The second-order valence-electron chi connectivity index (χ2n) is 6.95. The van der Waals surface area contributed by atoms with Crippen LogP contribution in [0.1, 0.15) is 11.1 Å². The highest BCUT2D eigenvalue weighted by atomic mass is 19.1. The van der Waals surface area contributed by atoms with Crippen molar-refractivity contribution in [1.29, 1.82) is 5.26 Å². The molecule has 0 amide bonds. The van der Waals surface area contributed by atoms with E-state index >= 15 is 4.39 Å². The van der Waals surface area contributed by atoms with E-state index in [1.54, 1.807) is 24.3 Å². The van der Waals surface area contributed by atoms with E-state index < -0.39 is 11.8 Å². The third-order valence-corrected chi connectivity index (χ3v) is 4.96. The van der Waals surface area contributed by atoms with Gasteiger partial charge in [0.1, 0.15) is 30.0 Å². The Morgan fingerprint density at radius 2 is 1.75 bits per heavy atom. The zero-order valence-electron chi connectivity index (χ0n) is 17.2. The maximum atomic E-state index is 15.7. The summed E-state index contributed by atoms with van der Waals surface area (Å²) in [6.07, 6.45) is 1.27. The van der Waals surface area contributed by atoms with Crippen molar-refractivity contribution in [3.63, 3.8) is 0 Å². The molecule has 0 radical (unpaired) electrons. The van der Waals surface area contributed by atoms with E-state index in [0.29, 0.717) is 17.9 Å². The number of hydrogen-bond donors (Lipinski definition) is 0. The van der Waals surface area contributed by atoms with Crippen molar-refractivity contribution >= 4 is 0 Å². The van der Waals surface area contributed by atoms with Gasteiger partial charge in [-0.1, -0.05) is 42.5 Å². The van der Waals surface area contributed by atoms with E-state index in [-0.39, 0.29) is 28.0 Å². The Morgan fingerprint density at radius 3 is 2.47 bits per heavy atom. The molecule has 4 nitrogen and oxygen atoms in total. The molecule has 0 saturated carbocycles. The molecule has 0 N–H and O–H groups in total. The number of aromatic nitrogens is 1. The Bertz CT molecular complexity index is 1300. The number of hydrogen-bond acceptors (Lipinski definition) is 4. The van der Waals surface area contributed by atoms with Gasteiger partial charge >= 0.3 is 0 Å². The van der Waals surface area contributed by atoms with Crippen molar-refractivity contribution in [2.75, 3.05) is 7.11 Å². The largest absolute Gasteiger partial charge is 0.495 e. The Labute approximate surface area is 184 Å². The lowest BCUT2D eigenvalue weighted by molar-refractivity contribution is 0.306. The van der Waals surface area contributed by atoms with E-state index in [4.69, 9.17) is 9.47 Å². The van der Waals surface area contributed by atoms with Crippen LogP contribution in [0.25, 0.3) is 22.3 Å². The van der Waals surface area contributed by atoms with Crippen LogP contribution in [-0.4, -0.2) is 12.1 Å². The van der Waals surface area contributed by atoms with Gasteiger partial charge in [0.05, 0.1) is 18.2 Å². The van der Waals surface area contributed by atoms with Gasteiger partial charge in [0.2, 0.25) is 5.95 Å². The van der Waals surface area contributed by atoms with Crippen LogP contribution in [0.4, 0.5) is 8.78 Å². The molecule has 0 aliphatic rings. The number of nitrogens with zero attached hydrogens (tertiary/aromatic N) is 2. The first-order valence-corrected chi connectivity index (χ1v) is 9.81. The first kappa shape index (κ1) is 21.0. The average molecular weight is 428 g/mol. The number of ether oxygens (including phenoxy) is 2. The zero-order chi connectivity index (χ0) is 22.5. The summed E-state index contributed by atoms with van der Waals surface area (Å²) in [5.41, 5.74) is 1.45.